The zero-order valence-electron chi connectivity index (χ0n) is 14.0. The second-order valence-electron chi connectivity index (χ2n) is 6.35. The first-order chi connectivity index (χ1) is 11.7. The molecule has 5 nitrogen and oxygen atoms in total. The standard InChI is InChI=1S/C18H24N4OS/c1-14-4-5-17(19-9-14)20-10-15-6-7-22(12-15)13-18(23)21-11-16-3-2-8-24-16/h2-5,8-9,15H,6-7,10-13H2,1H3,(H,19,20)(H,21,23)/t15-/m1/s1. The number of hydrogen-bond donors (Lipinski definition) is 2. The zero-order valence-corrected chi connectivity index (χ0v) is 14.8. The van der Waals surface area contributed by atoms with Gasteiger partial charge in [-0.2, -0.15) is 0 Å². The van der Waals surface area contributed by atoms with E-state index < -0.39 is 0 Å². The summed E-state index contributed by atoms with van der Waals surface area (Å²) in [6.45, 7) is 6.02. The lowest BCUT2D eigenvalue weighted by Crippen LogP contribution is -2.36. The number of nitrogens with zero attached hydrogens (tertiary/aromatic N) is 2. The first-order valence-electron chi connectivity index (χ1n) is 8.37. The fraction of sp³-hybridized carbons (Fsp3) is 0.444. The lowest BCUT2D eigenvalue weighted by atomic mass is 10.1. The van der Waals surface area contributed by atoms with Crippen LogP contribution in [-0.2, 0) is 11.3 Å². The summed E-state index contributed by atoms with van der Waals surface area (Å²) in [4.78, 5) is 19.8. The monoisotopic (exact) mass is 344 g/mol. The summed E-state index contributed by atoms with van der Waals surface area (Å²) >= 11 is 1.67. The van der Waals surface area contributed by atoms with Gasteiger partial charge in [0.25, 0.3) is 0 Å². The maximum atomic E-state index is 12.0. The molecule has 1 fully saturated rings. The van der Waals surface area contributed by atoms with Gasteiger partial charge in [-0.15, -0.1) is 11.3 Å². The molecule has 0 spiro atoms. The number of carbonyl (C=O) groups excluding carboxylic acids is 1. The molecule has 3 heterocycles. The number of nitrogens with one attached hydrogen (secondary N) is 2. The van der Waals surface area contributed by atoms with E-state index in [1.54, 1.807) is 11.3 Å². The van der Waals surface area contributed by atoms with E-state index in [1.807, 2.05) is 36.7 Å². The number of amides is 1. The third kappa shape index (κ3) is 5.04. The highest BCUT2D eigenvalue weighted by Gasteiger charge is 2.23. The van der Waals surface area contributed by atoms with Crippen LogP contribution in [0.4, 0.5) is 5.82 Å². The Bertz CT molecular complexity index is 642. The van der Waals surface area contributed by atoms with Crippen LogP contribution in [0, 0.1) is 12.8 Å². The Kier molecular flexibility index (Phi) is 5.82. The Morgan fingerprint density at radius 1 is 1.42 bits per heavy atom. The highest BCUT2D eigenvalue weighted by molar-refractivity contribution is 7.09. The van der Waals surface area contributed by atoms with Gasteiger partial charge in [-0.05, 0) is 48.9 Å². The van der Waals surface area contributed by atoms with Crippen molar-refractivity contribution in [3.8, 4) is 0 Å². The van der Waals surface area contributed by atoms with Crippen LogP contribution in [0.2, 0.25) is 0 Å². The van der Waals surface area contributed by atoms with Crippen LogP contribution in [0.5, 0.6) is 0 Å². The van der Waals surface area contributed by atoms with Crippen molar-refractivity contribution in [2.75, 3.05) is 31.5 Å². The predicted octanol–water partition coefficient (Wildman–Crippen LogP) is 2.50. The lowest BCUT2D eigenvalue weighted by molar-refractivity contribution is -0.122. The largest absolute Gasteiger partial charge is 0.370 e. The van der Waals surface area contributed by atoms with Crippen molar-refractivity contribution in [2.45, 2.75) is 19.9 Å². The third-order valence-electron chi connectivity index (χ3n) is 4.26. The van der Waals surface area contributed by atoms with Crippen molar-refractivity contribution in [3.05, 3.63) is 46.3 Å². The van der Waals surface area contributed by atoms with Gasteiger partial charge >= 0.3 is 0 Å². The number of rotatable bonds is 7. The second-order valence-corrected chi connectivity index (χ2v) is 7.38. The molecule has 2 N–H and O–H groups in total. The topological polar surface area (TPSA) is 57.3 Å². The molecule has 1 aliphatic rings. The number of anilines is 1. The minimum Gasteiger partial charge on any atom is -0.370 e. The zero-order chi connectivity index (χ0) is 16.8. The van der Waals surface area contributed by atoms with Gasteiger partial charge in [0.2, 0.25) is 5.91 Å². The number of hydrogen-bond acceptors (Lipinski definition) is 5. The van der Waals surface area contributed by atoms with Crippen LogP contribution in [-0.4, -0.2) is 42.0 Å². The number of thiophene rings is 1. The third-order valence-corrected chi connectivity index (χ3v) is 5.14. The molecule has 24 heavy (non-hydrogen) atoms. The molecular formula is C18H24N4OS. The molecule has 3 rings (SSSR count). The summed E-state index contributed by atoms with van der Waals surface area (Å²) < 4.78 is 0. The van der Waals surface area contributed by atoms with E-state index in [2.05, 4.69) is 26.6 Å². The predicted molar refractivity (Wildman–Crippen MR) is 98.2 cm³/mol. The van der Waals surface area contributed by atoms with Gasteiger partial charge in [-0.3, -0.25) is 9.69 Å². The molecular weight excluding hydrogens is 320 g/mol. The molecule has 6 heteroatoms. The molecule has 1 aliphatic heterocycles. The van der Waals surface area contributed by atoms with Crippen LogP contribution >= 0.6 is 11.3 Å². The molecule has 1 amide bonds. The summed E-state index contributed by atoms with van der Waals surface area (Å²) in [5.41, 5.74) is 1.17. The molecule has 0 aliphatic carbocycles. The first kappa shape index (κ1) is 16.9. The average Bonchev–Trinajstić information content (AvgIpc) is 3.24. The number of aryl methyl sites for hydroxylation is 1. The molecule has 1 saturated heterocycles. The Balaban J connectivity index is 1.35. The molecule has 0 radical (unpaired) electrons. The summed E-state index contributed by atoms with van der Waals surface area (Å²) in [6, 6.07) is 8.13. The van der Waals surface area contributed by atoms with Gasteiger partial charge < -0.3 is 10.6 Å². The molecule has 2 aromatic rings. The first-order valence-corrected chi connectivity index (χ1v) is 9.25. The van der Waals surface area contributed by atoms with Gasteiger partial charge in [0.15, 0.2) is 0 Å². The maximum absolute atomic E-state index is 12.0. The SMILES string of the molecule is Cc1ccc(NC[C@H]2CCN(CC(=O)NCc3cccs3)C2)nc1. The lowest BCUT2D eigenvalue weighted by Gasteiger charge is -2.16. The Hall–Kier alpha value is -1.92. The Labute approximate surface area is 147 Å². The van der Waals surface area contributed by atoms with Crippen LogP contribution in [0.1, 0.15) is 16.9 Å². The summed E-state index contributed by atoms with van der Waals surface area (Å²) in [5.74, 6) is 1.60. The molecule has 1 atom stereocenters. The minimum absolute atomic E-state index is 0.109. The number of aromatic nitrogens is 1. The Morgan fingerprint density at radius 3 is 3.08 bits per heavy atom. The van der Waals surface area contributed by atoms with Crippen molar-refractivity contribution >= 4 is 23.1 Å². The van der Waals surface area contributed by atoms with E-state index in [0.29, 0.717) is 19.0 Å². The number of carbonyl (C=O) groups is 1. The minimum atomic E-state index is 0.109. The highest BCUT2D eigenvalue weighted by atomic mass is 32.1. The fourth-order valence-electron chi connectivity index (χ4n) is 2.90. The van der Waals surface area contributed by atoms with Gasteiger partial charge in [0.1, 0.15) is 5.82 Å². The summed E-state index contributed by atoms with van der Waals surface area (Å²) in [6.07, 6.45) is 3.00. The second kappa shape index (κ2) is 8.26. The van der Waals surface area contributed by atoms with Crippen LogP contribution in [0.3, 0.4) is 0 Å². The van der Waals surface area contributed by atoms with Crippen LogP contribution < -0.4 is 10.6 Å². The van der Waals surface area contributed by atoms with E-state index in [1.165, 1.54) is 10.4 Å². The summed E-state index contributed by atoms with van der Waals surface area (Å²) in [5, 5.41) is 8.42. The van der Waals surface area contributed by atoms with E-state index in [0.717, 1.165) is 31.9 Å². The van der Waals surface area contributed by atoms with Crippen molar-refractivity contribution in [1.82, 2.24) is 15.2 Å². The van der Waals surface area contributed by atoms with Crippen LogP contribution in [0.15, 0.2) is 35.8 Å². The van der Waals surface area contributed by atoms with E-state index in [-0.39, 0.29) is 5.91 Å². The molecule has 128 valence electrons. The van der Waals surface area contributed by atoms with Crippen LogP contribution in [0.25, 0.3) is 0 Å². The molecule has 0 saturated carbocycles. The van der Waals surface area contributed by atoms with Crippen molar-refractivity contribution < 1.29 is 4.79 Å². The normalized spacial score (nSPS) is 17.8. The number of likely N-dealkylation sites (tertiary alicyclic amines) is 1. The number of pyridine rings is 1. The smallest absolute Gasteiger partial charge is 0.234 e. The van der Waals surface area contributed by atoms with Gasteiger partial charge in [-0.1, -0.05) is 12.1 Å². The van der Waals surface area contributed by atoms with E-state index >= 15 is 0 Å². The molecule has 2 aromatic heterocycles. The average molecular weight is 344 g/mol. The quantitative estimate of drug-likeness (QED) is 0.810. The van der Waals surface area contributed by atoms with E-state index in [9.17, 15) is 4.79 Å². The Morgan fingerprint density at radius 2 is 2.33 bits per heavy atom. The van der Waals surface area contributed by atoms with Gasteiger partial charge in [0, 0.05) is 24.2 Å². The summed E-state index contributed by atoms with van der Waals surface area (Å²) in [7, 11) is 0. The molecule has 0 bridgehead atoms. The van der Waals surface area contributed by atoms with Crippen molar-refractivity contribution in [1.29, 1.82) is 0 Å². The van der Waals surface area contributed by atoms with E-state index in [4.69, 9.17) is 0 Å². The molecule has 0 aromatic carbocycles. The highest BCUT2D eigenvalue weighted by Crippen LogP contribution is 2.16. The fourth-order valence-corrected chi connectivity index (χ4v) is 3.55. The van der Waals surface area contributed by atoms with Gasteiger partial charge in [0.05, 0.1) is 13.1 Å². The van der Waals surface area contributed by atoms with Crippen molar-refractivity contribution in [2.24, 2.45) is 5.92 Å². The molecule has 0 unspecified atom stereocenters. The van der Waals surface area contributed by atoms with Crippen molar-refractivity contribution in [3.63, 3.8) is 0 Å². The maximum Gasteiger partial charge on any atom is 0.234 e. The van der Waals surface area contributed by atoms with Gasteiger partial charge in [-0.25, -0.2) is 4.98 Å².